The molecule has 12 heteroatoms. The predicted octanol–water partition coefficient (Wildman–Crippen LogP) is 2.96. The molecule has 9 N–H and O–H groups in total. The number of hydrogen-bond acceptors (Lipinski definition) is 7. The summed E-state index contributed by atoms with van der Waals surface area (Å²) >= 11 is 0. The van der Waals surface area contributed by atoms with Crippen LogP contribution in [-0.4, -0.2) is 71.7 Å². The number of para-hydroxylation sites is 1. The summed E-state index contributed by atoms with van der Waals surface area (Å²) in [5, 5.41) is 14.2. The molecule has 0 aliphatic carbocycles. The number of H-pyrrole nitrogens is 1. The Balaban J connectivity index is 1.43. The van der Waals surface area contributed by atoms with Gasteiger partial charge in [-0.25, -0.2) is 0 Å². The van der Waals surface area contributed by atoms with E-state index in [0.717, 1.165) is 38.4 Å². The van der Waals surface area contributed by atoms with Gasteiger partial charge in [-0.2, -0.15) is 0 Å². The molecule has 282 valence electrons. The van der Waals surface area contributed by atoms with Crippen LogP contribution in [0.25, 0.3) is 21.7 Å². The van der Waals surface area contributed by atoms with Gasteiger partial charge in [0.15, 0.2) is 5.78 Å². The predicted molar refractivity (Wildman–Crippen MR) is 210 cm³/mol. The number of carbonyl (C=O) groups is 5. The Labute approximate surface area is 314 Å². The van der Waals surface area contributed by atoms with Gasteiger partial charge in [0.25, 0.3) is 0 Å². The lowest BCUT2D eigenvalue weighted by Crippen LogP contribution is -2.59. The first-order valence-electron chi connectivity index (χ1n) is 18.3. The lowest BCUT2D eigenvalue weighted by Gasteiger charge is -2.26. The first-order valence-corrected chi connectivity index (χ1v) is 18.3. The minimum Gasteiger partial charge on any atom is -0.361 e. The molecule has 0 aliphatic heterocycles. The van der Waals surface area contributed by atoms with Crippen molar-refractivity contribution in [3.63, 3.8) is 0 Å². The molecule has 4 aromatic carbocycles. The van der Waals surface area contributed by atoms with E-state index in [1.54, 1.807) is 6.20 Å². The highest BCUT2D eigenvalue weighted by atomic mass is 16.2. The average molecular weight is 732 g/mol. The third kappa shape index (κ3) is 10.8. The van der Waals surface area contributed by atoms with Crippen LogP contribution in [0, 0.1) is 0 Å². The van der Waals surface area contributed by atoms with Crippen LogP contribution in [0.3, 0.4) is 0 Å². The van der Waals surface area contributed by atoms with Crippen LogP contribution < -0.4 is 32.7 Å². The number of unbranched alkanes of at least 4 members (excludes halogenated alkanes) is 1. The summed E-state index contributed by atoms with van der Waals surface area (Å²) in [6.45, 7) is 1.56. The highest BCUT2D eigenvalue weighted by Crippen LogP contribution is 2.20. The number of benzene rings is 4. The van der Waals surface area contributed by atoms with Crippen LogP contribution in [0.2, 0.25) is 0 Å². The maximum Gasteiger partial charge on any atom is 0.243 e. The van der Waals surface area contributed by atoms with Gasteiger partial charge in [-0.05, 0) is 66.3 Å². The van der Waals surface area contributed by atoms with Crippen molar-refractivity contribution in [3.8, 4) is 0 Å². The first kappa shape index (κ1) is 39.4. The molecule has 12 nitrogen and oxygen atoms in total. The Bertz CT molecular complexity index is 2060. The third-order valence-electron chi connectivity index (χ3n) is 9.49. The van der Waals surface area contributed by atoms with Crippen molar-refractivity contribution >= 4 is 51.1 Å². The van der Waals surface area contributed by atoms with E-state index in [1.807, 2.05) is 97.1 Å². The van der Waals surface area contributed by atoms with E-state index in [1.165, 1.54) is 6.92 Å². The molecule has 1 aromatic heterocycles. The lowest BCUT2D eigenvalue weighted by molar-refractivity contribution is -0.134. The zero-order valence-corrected chi connectivity index (χ0v) is 30.5. The second kappa shape index (κ2) is 19.3. The smallest absolute Gasteiger partial charge is 0.243 e. The van der Waals surface area contributed by atoms with E-state index in [9.17, 15) is 24.0 Å². The van der Waals surface area contributed by atoms with Gasteiger partial charge in [-0.15, -0.1) is 0 Å². The number of nitrogens with two attached hydrogens (primary N) is 2. The van der Waals surface area contributed by atoms with Crippen LogP contribution in [0.15, 0.2) is 103 Å². The number of aromatic amines is 1. The van der Waals surface area contributed by atoms with Crippen molar-refractivity contribution in [2.24, 2.45) is 11.5 Å². The third-order valence-corrected chi connectivity index (χ3v) is 9.49. The number of aromatic nitrogens is 1. The summed E-state index contributed by atoms with van der Waals surface area (Å²) in [5.74, 6) is -2.46. The molecule has 0 saturated carbocycles. The maximum atomic E-state index is 14.4. The van der Waals surface area contributed by atoms with Crippen LogP contribution in [-0.2, 0) is 43.2 Å². The molecular formula is C42H49N7O5. The molecule has 0 aliphatic rings. The summed E-state index contributed by atoms with van der Waals surface area (Å²) in [4.78, 5) is 70.7. The van der Waals surface area contributed by atoms with Gasteiger partial charge < -0.3 is 37.7 Å². The number of ketones is 1. The number of hydrogen-bond donors (Lipinski definition) is 7. The fourth-order valence-corrected chi connectivity index (χ4v) is 6.54. The highest BCUT2D eigenvalue weighted by molar-refractivity contribution is 5.96. The lowest BCUT2D eigenvalue weighted by atomic mass is 9.99. The number of Topliss-reactive ketones (excluding diaryl/α,β-unsaturated/α-hetero) is 1. The molecule has 4 unspecified atom stereocenters. The Kier molecular flexibility index (Phi) is 14.1. The topological polar surface area (TPSA) is 201 Å². The molecule has 54 heavy (non-hydrogen) atoms. The van der Waals surface area contributed by atoms with E-state index in [2.05, 4.69) is 26.3 Å². The van der Waals surface area contributed by atoms with E-state index < -0.39 is 47.8 Å². The minimum absolute atomic E-state index is 0.0734. The van der Waals surface area contributed by atoms with Gasteiger partial charge in [0.05, 0.1) is 12.6 Å². The zero-order valence-electron chi connectivity index (χ0n) is 30.5. The first-order chi connectivity index (χ1) is 26.1. The number of carbonyl (C=O) groups excluding carboxylic acids is 5. The average Bonchev–Trinajstić information content (AvgIpc) is 3.59. The van der Waals surface area contributed by atoms with Crippen molar-refractivity contribution in [2.75, 3.05) is 13.1 Å². The number of amides is 4. The minimum atomic E-state index is -1.16. The molecule has 0 fully saturated rings. The number of fused-ring (bicyclic) bond motifs is 2. The Hall–Kier alpha value is -5.85. The van der Waals surface area contributed by atoms with Crippen LogP contribution in [0.1, 0.15) is 42.9 Å². The van der Waals surface area contributed by atoms with Crippen molar-refractivity contribution < 1.29 is 24.0 Å². The van der Waals surface area contributed by atoms with E-state index in [4.69, 9.17) is 11.5 Å². The second-order valence-corrected chi connectivity index (χ2v) is 13.5. The summed E-state index contributed by atoms with van der Waals surface area (Å²) in [6, 6.07) is 26.4. The fourth-order valence-electron chi connectivity index (χ4n) is 6.54. The van der Waals surface area contributed by atoms with Gasteiger partial charge in [0.1, 0.15) is 18.1 Å². The summed E-state index contributed by atoms with van der Waals surface area (Å²) in [5.41, 5.74) is 14.5. The van der Waals surface area contributed by atoms with Crippen molar-refractivity contribution in [3.05, 3.63) is 120 Å². The Morgan fingerprint density at radius 3 is 1.89 bits per heavy atom. The summed E-state index contributed by atoms with van der Waals surface area (Å²) < 4.78 is 0. The SMILES string of the molecule is CC(=O)C(CCCCN)NC(=O)C(Cc1ccccc1)NC(=O)C(Cc1c[nH]c2ccccc12)NC(=O)C(Cc1ccc2ccccc2c1)NC(=O)CN. The fraction of sp³-hybridized carbons (Fsp3) is 0.310. The quantitative estimate of drug-likeness (QED) is 0.0633. The molecule has 5 aromatic rings. The molecule has 4 atom stereocenters. The molecule has 4 amide bonds. The van der Waals surface area contributed by atoms with Gasteiger partial charge >= 0.3 is 0 Å². The molecule has 0 spiro atoms. The second-order valence-electron chi connectivity index (χ2n) is 13.5. The molecule has 0 radical (unpaired) electrons. The van der Waals surface area contributed by atoms with Crippen molar-refractivity contribution in [2.45, 2.75) is 69.6 Å². The van der Waals surface area contributed by atoms with Crippen LogP contribution in [0.4, 0.5) is 0 Å². The summed E-state index contributed by atoms with van der Waals surface area (Å²) in [6.07, 6.45) is 3.90. The zero-order chi connectivity index (χ0) is 38.5. The van der Waals surface area contributed by atoms with Crippen molar-refractivity contribution in [1.82, 2.24) is 26.3 Å². The van der Waals surface area contributed by atoms with Crippen molar-refractivity contribution in [1.29, 1.82) is 0 Å². The standard InChI is InChI=1S/C42H49N7O5/c1-27(50)34(16-9-10-20-43)47-41(53)37(22-28-11-3-2-4-12-28)48-42(54)38(24-32-26-45-35-17-8-7-15-33(32)35)49-40(52)36(46-39(51)25-44)23-29-18-19-30-13-5-6-14-31(30)21-29/h2-8,11-15,17-19,21,26,34,36-38,45H,9-10,16,20,22-25,43-44H2,1H3,(H,46,51)(H,47,53)(H,48,54)(H,49,52). The number of rotatable bonds is 19. The largest absolute Gasteiger partial charge is 0.361 e. The summed E-state index contributed by atoms with van der Waals surface area (Å²) in [7, 11) is 0. The van der Waals surface area contributed by atoms with E-state index in [-0.39, 0.29) is 31.6 Å². The molecule has 0 saturated heterocycles. The van der Waals surface area contributed by atoms with Gasteiger partial charge in [-0.3, -0.25) is 24.0 Å². The van der Waals surface area contributed by atoms with E-state index in [0.29, 0.717) is 25.8 Å². The molecule has 5 rings (SSSR count). The van der Waals surface area contributed by atoms with Gasteiger partial charge in [0.2, 0.25) is 23.6 Å². The molecule has 0 bridgehead atoms. The Morgan fingerprint density at radius 2 is 1.20 bits per heavy atom. The van der Waals surface area contributed by atoms with Crippen LogP contribution in [0.5, 0.6) is 0 Å². The Morgan fingerprint density at radius 1 is 0.611 bits per heavy atom. The maximum absolute atomic E-state index is 14.4. The van der Waals surface area contributed by atoms with E-state index >= 15 is 0 Å². The highest BCUT2D eigenvalue weighted by Gasteiger charge is 2.32. The van der Waals surface area contributed by atoms with Gasteiger partial charge in [0, 0.05) is 36.4 Å². The monoisotopic (exact) mass is 731 g/mol. The molecular weight excluding hydrogens is 683 g/mol. The normalized spacial score (nSPS) is 13.4. The van der Waals surface area contributed by atoms with Gasteiger partial charge in [-0.1, -0.05) is 91.0 Å². The van der Waals surface area contributed by atoms with Crippen LogP contribution >= 0.6 is 0 Å². The molecule has 1 heterocycles. The number of nitrogens with one attached hydrogen (secondary N) is 5.